The fraction of sp³-hybridized carbons (Fsp3) is 0.310. The molecular formula is C29H25F7N4O4. The molecule has 1 atom stereocenters. The fourth-order valence-corrected chi connectivity index (χ4v) is 4.36. The normalized spacial score (nSPS) is 13.9. The van der Waals surface area contributed by atoms with Crippen molar-refractivity contribution in [3.8, 4) is 17.0 Å². The number of alkyl halides is 6. The molecular weight excluding hydrogens is 601 g/mol. The number of pyridine rings is 1. The fourth-order valence-electron chi connectivity index (χ4n) is 4.36. The number of carbonyl (C=O) groups excluding carboxylic acids is 1. The van der Waals surface area contributed by atoms with E-state index in [2.05, 4.69) is 15.2 Å². The van der Waals surface area contributed by atoms with E-state index in [1.54, 1.807) is 13.0 Å². The van der Waals surface area contributed by atoms with Crippen LogP contribution in [0.3, 0.4) is 0 Å². The molecule has 4 aromatic rings. The number of aliphatic hydroxyl groups is 2. The number of nitrogens with one attached hydrogen (secondary N) is 1. The molecule has 0 fully saturated rings. The van der Waals surface area contributed by atoms with E-state index in [0.29, 0.717) is 29.3 Å². The summed E-state index contributed by atoms with van der Waals surface area (Å²) in [5.74, 6) is -2.28. The molecule has 0 saturated heterocycles. The maximum Gasteiger partial charge on any atom is 0.424 e. The molecule has 0 spiro atoms. The van der Waals surface area contributed by atoms with Gasteiger partial charge in [-0.3, -0.25) is 4.79 Å². The number of hydrogen-bond acceptors (Lipinski definition) is 7. The van der Waals surface area contributed by atoms with Crippen LogP contribution < -0.4 is 10.1 Å². The van der Waals surface area contributed by atoms with E-state index in [9.17, 15) is 41.4 Å². The number of ether oxygens (including phenoxy) is 1. The number of benzene rings is 2. The minimum absolute atomic E-state index is 0.0995. The van der Waals surface area contributed by atoms with Crippen LogP contribution in [0.5, 0.6) is 5.75 Å². The van der Waals surface area contributed by atoms with E-state index >= 15 is 4.39 Å². The highest BCUT2D eigenvalue weighted by atomic mass is 19.4. The summed E-state index contributed by atoms with van der Waals surface area (Å²) in [6.07, 6.45) is -10.3. The topological polar surface area (TPSA) is 117 Å². The Morgan fingerprint density at radius 2 is 1.59 bits per heavy atom. The minimum Gasteiger partial charge on any atom is -0.494 e. The molecule has 4 rings (SSSR count). The summed E-state index contributed by atoms with van der Waals surface area (Å²) in [5.41, 5.74) is -9.74. The number of hydrogen-bond donors (Lipinski definition) is 3. The summed E-state index contributed by atoms with van der Waals surface area (Å²) in [7, 11) is 1.29. The highest BCUT2D eigenvalue weighted by Gasteiger charge is 2.57. The molecule has 1 amide bonds. The average Bonchev–Trinajstić information content (AvgIpc) is 2.93. The Morgan fingerprint density at radius 3 is 2.14 bits per heavy atom. The van der Waals surface area contributed by atoms with Gasteiger partial charge in [-0.15, -0.1) is 5.10 Å². The highest BCUT2D eigenvalue weighted by molar-refractivity contribution is 5.99. The molecule has 44 heavy (non-hydrogen) atoms. The minimum atomic E-state index is -5.52. The smallest absolute Gasteiger partial charge is 0.424 e. The van der Waals surface area contributed by atoms with Gasteiger partial charge in [-0.05, 0) is 57.2 Å². The van der Waals surface area contributed by atoms with Crippen molar-refractivity contribution in [2.75, 3.05) is 13.7 Å². The average molecular weight is 627 g/mol. The van der Waals surface area contributed by atoms with Crippen molar-refractivity contribution < 1.29 is 50.5 Å². The van der Waals surface area contributed by atoms with E-state index in [1.807, 2.05) is 5.32 Å². The van der Waals surface area contributed by atoms with E-state index < -0.39 is 64.3 Å². The summed E-state index contributed by atoms with van der Waals surface area (Å²) >= 11 is 0. The molecule has 0 bridgehead atoms. The lowest BCUT2D eigenvalue weighted by Crippen LogP contribution is -2.51. The lowest BCUT2D eigenvalue weighted by atomic mass is 9.90. The summed E-state index contributed by atoms with van der Waals surface area (Å²) < 4.78 is 103. The van der Waals surface area contributed by atoms with Gasteiger partial charge in [-0.1, -0.05) is 12.1 Å². The van der Waals surface area contributed by atoms with Gasteiger partial charge >= 0.3 is 12.4 Å². The first-order chi connectivity index (χ1) is 20.3. The molecule has 0 radical (unpaired) electrons. The van der Waals surface area contributed by atoms with Crippen LogP contribution in [0, 0.1) is 12.7 Å². The van der Waals surface area contributed by atoms with Crippen LogP contribution in [-0.4, -0.2) is 51.1 Å². The Labute approximate surface area is 245 Å². The monoisotopic (exact) mass is 626 g/mol. The molecule has 0 aliphatic carbocycles. The predicted octanol–water partition coefficient (Wildman–Crippen LogP) is 5.57. The first-order valence-corrected chi connectivity index (χ1v) is 12.8. The number of fused-ring (bicyclic) bond motifs is 1. The lowest BCUT2D eigenvalue weighted by Gasteiger charge is -2.32. The molecule has 2 aromatic carbocycles. The summed E-state index contributed by atoms with van der Waals surface area (Å²) in [5, 5.41) is 31.9. The summed E-state index contributed by atoms with van der Waals surface area (Å²) in [6, 6.07) is 7.33. The molecule has 1 unspecified atom stereocenters. The van der Waals surface area contributed by atoms with Gasteiger partial charge in [0.05, 0.1) is 36.2 Å². The van der Waals surface area contributed by atoms with Crippen LogP contribution in [0.1, 0.15) is 46.7 Å². The second-order valence-electron chi connectivity index (χ2n) is 10.5. The molecule has 0 saturated carbocycles. The molecule has 0 aliphatic rings. The largest absolute Gasteiger partial charge is 0.494 e. The molecule has 8 nitrogen and oxygen atoms in total. The molecule has 15 heteroatoms. The van der Waals surface area contributed by atoms with Crippen molar-refractivity contribution in [1.82, 2.24) is 20.5 Å². The number of aromatic nitrogens is 3. The van der Waals surface area contributed by atoms with Gasteiger partial charge in [0.1, 0.15) is 17.0 Å². The van der Waals surface area contributed by atoms with Crippen LogP contribution in [-0.2, 0) is 17.4 Å². The maximum absolute atomic E-state index is 15.5. The van der Waals surface area contributed by atoms with Crippen LogP contribution in [0.4, 0.5) is 30.7 Å². The van der Waals surface area contributed by atoms with Crippen molar-refractivity contribution in [3.05, 3.63) is 82.4 Å². The van der Waals surface area contributed by atoms with E-state index in [-0.39, 0.29) is 22.4 Å². The van der Waals surface area contributed by atoms with Gasteiger partial charge in [-0.25, -0.2) is 9.37 Å². The van der Waals surface area contributed by atoms with Gasteiger partial charge in [-0.2, -0.15) is 31.4 Å². The number of halogens is 7. The Morgan fingerprint density at radius 1 is 0.955 bits per heavy atom. The van der Waals surface area contributed by atoms with Crippen LogP contribution in [0.2, 0.25) is 0 Å². The van der Waals surface area contributed by atoms with Gasteiger partial charge in [0.25, 0.3) is 5.91 Å². The maximum atomic E-state index is 15.5. The predicted molar refractivity (Wildman–Crippen MR) is 143 cm³/mol. The van der Waals surface area contributed by atoms with Gasteiger partial charge < -0.3 is 20.3 Å². The van der Waals surface area contributed by atoms with Crippen LogP contribution in [0.25, 0.3) is 22.2 Å². The number of aryl methyl sites for hydroxylation is 1. The molecule has 2 aromatic heterocycles. The Bertz CT molecular complexity index is 1720. The third-order valence-electron chi connectivity index (χ3n) is 6.76. The Hall–Kier alpha value is -4.37. The first kappa shape index (κ1) is 32.5. The number of rotatable bonds is 7. The second-order valence-corrected chi connectivity index (χ2v) is 10.5. The van der Waals surface area contributed by atoms with Crippen LogP contribution in [0.15, 0.2) is 48.5 Å². The molecule has 234 valence electrons. The van der Waals surface area contributed by atoms with Crippen molar-refractivity contribution in [2.24, 2.45) is 0 Å². The van der Waals surface area contributed by atoms with Crippen molar-refractivity contribution in [1.29, 1.82) is 0 Å². The van der Waals surface area contributed by atoms with E-state index in [1.165, 1.54) is 19.2 Å². The number of nitrogens with zero attached hydrogens (tertiary/aromatic N) is 3. The number of amides is 1. The SMILES string of the molecule is COc1cc(C(=O)NCC(O)(c2cc(C(C)(C)O)c(F)c(-c3ccc(C(F)(F)F)cc3)n2)C(F)(F)F)cc2cc(C)nnc12. The number of methoxy groups -OCH3 is 1. The van der Waals surface area contributed by atoms with Crippen molar-refractivity contribution in [3.63, 3.8) is 0 Å². The zero-order chi connectivity index (χ0) is 32.8. The van der Waals surface area contributed by atoms with Crippen molar-refractivity contribution >= 4 is 16.8 Å². The zero-order valence-electron chi connectivity index (χ0n) is 23.5. The van der Waals surface area contributed by atoms with Gasteiger partial charge in [0.2, 0.25) is 5.60 Å². The molecule has 0 aliphatic heterocycles. The third kappa shape index (κ3) is 6.28. The highest BCUT2D eigenvalue weighted by Crippen LogP contribution is 2.41. The number of carbonyl (C=O) groups is 1. The van der Waals surface area contributed by atoms with Crippen molar-refractivity contribution in [2.45, 2.75) is 44.3 Å². The quantitative estimate of drug-likeness (QED) is 0.230. The van der Waals surface area contributed by atoms with E-state index in [4.69, 9.17) is 4.74 Å². The van der Waals surface area contributed by atoms with Crippen LogP contribution >= 0.6 is 0 Å². The molecule has 3 N–H and O–H groups in total. The second kappa shape index (κ2) is 11.3. The molecule has 2 heterocycles. The van der Waals surface area contributed by atoms with Gasteiger partial charge in [0, 0.05) is 22.1 Å². The lowest BCUT2D eigenvalue weighted by molar-refractivity contribution is -0.265. The Kier molecular flexibility index (Phi) is 8.34. The van der Waals surface area contributed by atoms with E-state index in [0.717, 1.165) is 26.0 Å². The summed E-state index contributed by atoms with van der Waals surface area (Å²) in [6.45, 7) is 2.23. The standard InChI is InChI=1S/C29H25F7N4O4/c1-14-9-16-10-17(11-20(44-4)23(16)40-39-14)25(41)37-13-27(43,29(34,35)36)21-12-19(26(2,3)42)22(30)24(38-21)15-5-7-18(8-6-15)28(31,32)33/h5-12,42-43H,13H2,1-4H3,(H,37,41). The Balaban J connectivity index is 1.79. The third-order valence-corrected chi connectivity index (χ3v) is 6.76. The summed E-state index contributed by atoms with van der Waals surface area (Å²) in [4.78, 5) is 16.7. The zero-order valence-corrected chi connectivity index (χ0v) is 23.5. The first-order valence-electron chi connectivity index (χ1n) is 12.8. The van der Waals surface area contributed by atoms with Gasteiger partial charge in [0.15, 0.2) is 5.82 Å².